The average molecular weight is 238 g/mol. The summed E-state index contributed by atoms with van der Waals surface area (Å²) in [5.74, 6) is 0.469. The number of hydrogen-bond donors (Lipinski definition) is 1. The molecule has 0 spiro atoms. The number of nitrogens with two attached hydrogens (primary N) is 1. The van der Waals surface area contributed by atoms with Gasteiger partial charge in [0.25, 0.3) is 0 Å². The van der Waals surface area contributed by atoms with Crippen molar-refractivity contribution in [3.05, 3.63) is 24.0 Å². The van der Waals surface area contributed by atoms with Crippen LogP contribution in [0.1, 0.15) is 46.2 Å². The number of rotatable bonds is 5. The van der Waals surface area contributed by atoms with Gasteiger partial charge >= 0.3 is 0 Å². The van der Waals surface area contributed by atoms with Crippen molar-refractivity contribution in [1.29, 1.82) is 0 Å². The Balaban J connectivity index is 2.46. The summed E-state index contributed by atoms with van der Waals surface area (Å²) >= 11 is 0. The molecule has 98 valence electrons. The minimum absolute atomic E-state index is 0.0652. The van der Waals surface area contributed by atoms with Gasteiger partial charge in [-0.15, -0.1) is 0 Å². The van der Waals surface area contributed by atoms with Crippen molar-refractivity contribution in [2.45, 2.75) is 52.8 Å². The molecular formula is C14H26N2O. The molecule has 1 unspecified atom stereocenters. The molecule has 0 aliphatic carbocycles. The van der Waals surface area contributed by atoms with E-state index < -0.39 is 0 Å². The Kier molecular flexibility index (Phi) is 4.78. The van der Waals surface area contributed by atoms with E-state index >= 15 is 0 Å². The highest BCUT2D eigenvalue weighted by atomic mass is 16.5. The fourth-order valence-electron chi connectivity index (χ4n) is 1.64. The molecule has 2 N–H and O–H groups in total. The van der Waals surface area contributed by atoms with Crippen LogP contribution >= 0.6 is 0 Å². The van der Waals surface area contributed by atoms with Crippen LogP contribution in [0.5, 0.6) is 0 Å². The largest absolute Gasteiger partial charge is 0.374 e. The molecule has 1 rings (SSSR count). The monoisotopic (exact) mass is 238 g/mol. The first-order chi connectivity index (χ1) is 7.79. The van der Waals surface area contributed by atoms with Gasteiger partial charge < -0.3 is 15.0 Å². The van der Waals surface area contributed by atoms with Crippen molar-refractivity contribution in [2.75, 3.05) is 6.61 Å². The third-order valence-corrected chi connectivity index (χ3v) is 2.76. The predicted octanol–water partition coefficient (Wildman–Crippen LogP) is 2.96. The Bertz CT molecular complexity index is 336. The van der Waals surface area contributed by atoms with E-state index in [0.29, 0.717) is 5.92 Å². The summed E-state index contributed by atoms with van der Waals surface area (Å²) in [7, 11) is 0. The Morgan fingerprint density at radius 2 is 2.00 bits per heavy atom. The lowest BCUT2D eigenvalue weighted by molar-refractivity contribution is -0.00680. The van der Waals surface area contributed by atoms with Crippen LogP contribution in [0.2, 0.25) is 0 Å². The molecule has 0 saturated carbocycles. The molecule has 0 bridgehead atoms. The number of ether oxygens (including phenoxy) is 1. The maximum Gasteiger partial charge on any atom is 0.0652 e. The molecule has 17 heavy (non-hydrogen) atoms. The summed E-state index contributed by atoms with van der Waals surface area (Å²) in [6.45, 7) is 12.1. The smallest absolute Gasteiger partial charge is 0.0652 e. The fraction of sp³-hybridized carbons (Fsp3) is 0.714. The standard InChI is InChI=1S/C14H26N2O/c1-11(2)13(15)12-6-7-16(10-12)8-9-17-14(3,4)5/h6-7,10-11,13H,8-9,15H2,1-5H3. The first-order valence-electron chi connectivity index (χ1n) is 6.35. The molecule has 1 aromatic rings. The molecule has 3 heteroatoms. The first-order valence-corrected chi connectivity index (χ1v) is 6.35. The highest BCUT2D eigenvalue weighted by Crippen LogP contribution is 2.18. The van der Waals surface area contributed by atoms with Crippen molar-refractivity contribution in [2.24, 2.45) is 11.7 Å². The average Bonchev–Trinajstić information content (AvgIpc) is 2.63. The maximum absolute atomic E-state index is 6.10. The quantitative estimate of drug-likeness (QED) is 0.856. The number of hydrogen-bond acceptors (Lipinski definition) is 2. The molecule has 0 aromatic carbocycles. The van der Waals surface area contributed by atoms with Crippen LogP contribution in [0.15, 0.2) is 18.5 Å². The highest BCUT2D eigenvalue weighted by Gasteiger charge is 2.12. The van der Waals surface area contributed by atoms with Crippen molar-refractivity contribution < 1.29 is 4.74 Å². The van der Waals surface area contributed by atoms with E-state index in [1.54, 1.807) is 0 Å². The second-order valence-electron chi connectivity index (χ2n) is 5.91. The van der Waals surface area contributed by atoms with Crippen molar-refractivity contribution in [3.63, 3.8) is 0 Å². The van der Waals surface area contributed by atoms with E-state index in [-0.39, 0.29) is 11.6 Å². The van der Waals surface area contributed by atoms with Gasteiger partial charge in [0.2, 0.25) is 0 Å². The molecule has 3 nitrogen and oxygen atoms in total. The van der Waals surface area contributed by atoms with Gasteiger partial charge in [-0.25, -0.2) is 0 Å². The molecule has 1 aromatic heterocycles. The van der Waals surface area contributed by atoms with Gasteiger partial charge in [-0.2, -0.15) is 0 Å². The molecule has 0 radical (unpaired) electrons. The molecule has 0 saturated heterocycles. The van der Waals surface area contributed by atoms with Gasteiger partial charge in [0.05, 0.1) is 12.2 Å². The van der Waals surface area contributed by atoms with Gasteiger partial charge in [0, 0.05) is 25.0 Å². The van der Waals surface area contributed by atoms with Crippen molar-refractivity contribution in [3.8, 4) is 0 Å². The lowest BCUT2D eigenvalue weighted by atomic mass is 10.00. The fourth-order valence-corrected chi connectivity index (χ4v) is 1.64. The Labute approximate surface area is 105 Å². The second kappa shape index (κ2) is 5.69. The Hall–Kier alpha value is -0.800. The summed E-state index contributed by atoms with van der Waals surface area (Å²) in [6.07, 6.45) is 4.19. The molecule has 0 aliphatic heterocycles. The summed E-state index contributed by atoms with van der Waals surface area (Å²) in [5, 5.41) is 0. The SMILES string of the molecule is CC(C)C(N)c1ccn(CCOC(C)(C)C)c1. The number of aromatic nitrogens is 1. The predicted molar refractivity (Wildman–Crippen MR) is 71.9 cm³/mol. The van der Waals surface area contributed by atoms with Crippen LogP contribution in [0.4, 0.5) is 0 Å². The minimum Gasteiger partial charge on any atom is -0.374 e. The Morgan fingerprint density at radius 1 is 1.35 bits per heavy atom. The van der Waals surface area contributed by atoms with E-state index in [1.807, 2.05) is 0 Å². The Morgan fingerprint density at radius 3 is 2.53 bits per heavy atom. The van der Waals surface area contributed by atoms with Gasteiger partial charge in [-0.3, -0.25) is 0 Å². The van der Waals surface area contributed by atoms with Gasteiger partial charge in [0.1, 0.15) is 0 Å². The normalized spacial score (nSPS) is 14.3. The zero-order chi connectivity index (χ0) is 13.1. The number of nitrogens with zero attached hydrogens (tertiary/aromatic N) is 1. The van der Waals surface area contributed by atoms with Crippen LogP contribution in [0, 0.1) is 5.92 Å². The lowest BCUT2D eigenvalue weighted by Crippen LogP contribution is -2.21. The summed E-state index contributed by atoms with van der Waals surface area (Å²) < 4.78 is 7.84. The third kappa shape index (κ3) is 4.92. The summed E-state index contributed by atoms with van der Waals surface area (Å²) in [4.78, 5) is 0. The van der Waals surface area contributed by atoms with Gasteiger partial charge in [-0.1, -0.05) is 13.8 Å². The summed E-state index contributed by atoms with van der Waals surface area (Å²) in [5.41, 5.74) is 7.24. The first kappa shape index (κ1) is 14.3. The van der Waals surface area contributed by atoms with Crippen molar-refractivity contribution in [1.82, 2.24) is 4.57 Å². The molecular weight excluding hydrogens is 212 g/mol. The van der Waals surface area contributed by atoms with Crippen LogP contribution in [0.3, 0.4) is 0 Å². The van der Waals surface area contributed by atoms with Crippen LogP contribution < -0.4 is 5.73 Å². The van der Waals surface area contributed by atoms with Gasteiger partial charge in [0.15, 0.2) is 0 Å². The molecule has 0 amide bonds. The van der Waals surface area contributed by atoms with Crippen molar-refractivity contribution >= 4 is 0 Å². The van der Waals surface area contributed by atoms with E-state index in [2.05, 4.69) is 57.6 Å². The zero-order valence-electron chi connectivity index (χ0n) is 11.7. The topological polar surface area (TPSA) is 40.2 Å². The third-order valence-electron chi connectivity index (χ3n) is 2.76. The maximum atomic E-state index is 6.10. The molecule has 1 atom stereocenters. The van der Waals surface area contributed by atoms with Gasteiger partial charge in [-0.05, 0) is 38.3 Å². The van der Waals surface area contributed by atoms with E-state index in [9.17, 15) is 0 Å². The second-order valence-corrected chi connectivity index (χ2v) is 5.91. The molecule has 1 heterocycles. The zero-order valence-corrected chi connectivity index (χ0v) is 11.7. The minimum atomic E-state index is -0.0652. The highest BCUT2D eigenvalue weighted by molar-refractivity contribution is 5.15. The van der Waals surface area contributed by atoms with Crippen LogP contribution in [-0.2, 0) is 11.3 Å². The van der Waals surface area contributed by atoms with E-state index in [4.69, 9.17) is 10.5 Å². The van der Waals surface area contributed by atoms with Crippen LogP contribution in [0.25, 0.3) is 0 Å². The molecule has 0 fully saturated rings. The van der Waals surface area contributed by atoms with Crippen LogP contribution in [-0.4, -0.2) is 16.8 Å². The lowest BCUT2D eigenvalue weighted by Gasteiger charge is -2.19. The van der Waals surface area contributed by atoms with E-state index in [1.165, 1.54) is 5.56 Å². The molecule has 0 aliphatic rings. The summed E-state index contributed by atoms with van der Waals surface area (Å²) in [6, 6.07) is 2.22. The van der Waals surface area contributed by atoms with E-state index in [0.717, 1.165) is 13.2 Å².